The lowest BCUT2D eigenvalue weighted by atomic mass is 10.1. The van der Waals surface area contributed by atoms with Gasteiger partial charge in [0.25, 0.3) is 0 Å². The summed E-state index contributed by atoms with van der Waals surface area (Å²) in [6.07, 6.45) is 2.95. The van der Waals surface area contributed by atoms with Gasteiger partial charge in [0, 0.05) is 13.0 Å². The summed E-state index contributed by atoms with van der Waals surface area (Å²) in [6.45, 7) is 1.29. The molecule has 0 aliphatic carbocycles. The van der Waals surface area contributed by atoms with Gasteiger partial charge in [0.1, 0.15) is 5.75 Å². The standard InChI is InChI=1S/C13H19ClN2O2/c14-16-8-2-5-11-4-1-6-12(10-11)18-9-3-7-13(15)17/h1,4,6,10,16H,2-3,5,7-9H2,(H2,15,17). The number of primary amides is 1. The molecule has 1 aromatic rings. The third-order valence-electron chi connectivity index (χ3n) is 2.47. The maximum atomic E-state index is 10.6. The third kappa shape index (κ3) is 6.47. The van der Waals surface area contributed by atoms with Gasteiger partial charge in [0.05, 0.1) is 6.61 Å². The van der Waals surface area contributed by atoms with E-state index >= 15 is 0 Å². The second-order valence-electron chi connectivity index (χ2n) is 4.05. The fourth-order valence-electron chi connectivity index (χ4n) is 1.59. The summed E-state index contributed by atoms with van der Waals surface area (Å²) in [6, 6.07) is 7.95. The van der Waals surface area contributed by atoms with Crippen molar-refractivity contribution in [2.75, 3.05) is 13.2 Å². The Morgan fingerprint density at radius 1 is 1.39 bits per heavy atom. The molecule has 0 aromatic heterocycles. The largest absolute Gasteiger partial charge is 0.494 e. The van der Waals surface area contributed by atoms with E-state index in [0.29, 0.717) is 19.4 Å². The Hall–Kier alpha value is -1.26. The highest BCUT2D eigenvalue weighted by Gasteiger charge is 1.99. The van der Waals surface area contributed by atoms with Gasteiger partial charge in [-0.3, -0.25) is 4.79 Å². The first-order chi connectivity index (χ1) is 8.72. The lowest BCUT2D eigenvalue weighted by Crippen LogP contribution is -2.11. The highest BCUT2D eigenvalue weighted by Crippen LogP contribution is 2.15. The topological polar surface area (TPSA) is 64.4 Å². The van der Waals surface area contributed by atoms with Crippen molar-refractivity contribution in [1.82, 2.24) is 4.84 Å². The van der Waals surface area contributed by atoms with Crippen molar-refractivity contribution in [2.24, 2.45) is 5.73 Å². The van der Waals surface area contributed by atoms with E-state index in [1.165, 1.54) is 5.56 Å². The van der Waals surface area contributed by atoms with Crippen LogP contribution in [0.15, 0.2) is 24.3 Å². The van der Waals surface area contributed by atoms with Crippen LogP contribution in [0.2, 0.25) is 0 Å². The molecular formula is C13H19ClN2O2. The zero-order valence-corrected chi connectivity index (χ0v) is 11.1. The molecule has 0 spiro atoms. The van der Waals surface area contributed by atoms with Crippen molar-refractivity contribution in [1.29, 1.82) is 0 Å². The van der Waals surface area contributed by atoms with Crippen molar-refractivity contribution in [3.8, 4) is 5.75 Å². The molecule has 0 heterocycles. The van der Waals surface area contributed by atoms with Crippen LogP contribution in [0.5, 0.6) is 5.75 Å². The molecule has 0 radical (unpaired) electrons. The Bertz CT molecular complexity index is 372. The number of rotatable bonds is 9. The third-order valence-corrected chi connectivity index (χ3v) is 2.66. The van der Waals surface area contributed by atoms with Gasteiger partial charge < -0.3 is 10.5 Å². The molecule has 100 valence electrons. The van der Waals surface area contributed by atoms with Crippen LogP contribution in [0, 0.1) is 0 Å². The number of nitrogens with one attached hydrogen (secondary N) is 1. The molecule has 1 rings (SSSR count). The fourth-order valence-corrected chi connectivity index (χ4v) is 1.72. The molecule has 18 heavy (non-hydrogen) atoms. The minimum Gasteiger partial charge on any atom is -0.494 e. The molecule has 5 heteroatoms. The Balaban J connectivity index is 2.32. The quantitative estimate of drug-likeness (QED) is 0.533. The van der Waals surface area contributed by atoms with Crippen LogP contribution in [0.4, 0.5) is 0 Å². The summed E-state index contributed by atoms with van der Waals surface area (Å²) >= 11 is 5.40. The van der Waals surface area contributed by atoms with Crippen LogP contribution in [0.1, 0.15) is 24.8 Å². The highest BCUT2D eigenvalue weighted by atomic mass is 35.5. The lowest BCUT2D eigenvalue weighted by molar-refractivity contribution is -0.118. The van der Waals surface area contributed by atoms with Gasteiger partial charge in [0.15, 0.2) is 0 Å². The first-order valence-corrected chi connectivity index (χ1v) is 6.43. The number of amides is 1. The summed E-state index contributed by atoms with van der Waals surface area (Å²) in [7, 11) is 0. The normalized spacial score (nSPS) is 10.3. The smallest absolute Gasteiger partial charge is 0.217 e. The summed E-state index contributed by atoms with van der Waals surface area (Å²) in [5.41, 5.74) is 6.27. The molecule has 4 nitrogen and oxygen atoms in total. The first kappa shape index (κ1) is 14.8. The molecule has 0 fully saturated rings. The highest BCUT2D eigenvalue weighted by molar-refractivity contribution is 6.13. The molecular weight excluding hydrogens is 252 g/mol. The van der Waals surface area contributed by atoms with Crippen molar-refractivity contribution in [2.45, 2.75) is 25.7 Å². The van der Waals surface area contributed by atoms with E-state index < -0.39 is 0 Å². The molecule has 0 unspecified atom stereocenters. The minimum atomic E-state index is -0.291. The van der Waals surface area contributed by atoms with E-state index in [-0.39, 0.29) is 5.91 Å². The summed E-state index contributed by atoms with van der Waals surface area (Å²) in [5, 5.41) is 0. The van der Waals surface area contributed by atoms with E-state index in [4.69, 9.17) is 22.2 Å². The minimum absolute atomic E-state index is 0.291. The SMILES string of the molecule is NC(=O)CCCOc1cccc(CCCNCl)c1. The Morgan fingerprint density at radius 2 is 2.22 bits per heavy atom. The van der Waals surface area contributed by atoms with Crippen molar-refractivity contribution < 1.29 is 9.53 Å². The van der Waals surface area contributed by atoms with E-state index in [2.05, 4.69) is 10.9 Å². The molecule has 0 aliphatic heterocycles. The Morgan fingerprint density at radius 3 is 2.94 bits per heavy atom. The predicted molar refractivity (Wildman–Crippen MR) is 72.5 cm³/mol. The zero-order chi connectivity index (χ0) is 13.2. The van der Waals surface area contributed by atoms with Gasteiger partial charge in [-0.25, -0.2) is 4.84 Å². The number of carbonyl (C=O) groups is 1. The summed E-state index contributed by atoms with van der Waals surface area (Å²) in [5.74, 6) is 0.539. The van der Waals surface area contributed by atoms with E-state index in [0.717, 1.165) is 25.1 Å². The van der Waals surface area contributed by atoms with Gasteiger partial charge in [0.2, 0.25) is 5.91 Å². The fraction of sp³-hybridized carbons (Fsp3) is 0.462. The van der Waals surface area contributed by atoms with Crippen LogP contribution >= 0.6 is 11.8 Å². The molecule has 1 aromatic carbocycles. The van der Waals surface area contributed by atoms with Crippen molar-refractivity contribution in [3.63, 3.8) is 0 Å². The lowest BCUT2D eigenvalue weighted by Gasteiger charge is -2.07. The molecule has 1 amide bonds. The van der Waals surface area contributed by atoms with Crippen LogP contribution in [0.25, 0.3) is 0 Å². The summed E-state index contributed by atoms with van der Waals surface area (Å²) < 4.78 is 5.55. The summed E-state index contributed by atoms with van der Waals surface area (Å²) in [4.78, 5) is 13.2. The number of carbonyl (C=O) groups excluding carboxylic acids is 1. The molecule has 0 saturated carbocycles. The van der Waals surface area contributed by atoms with Crippen LogP contribution in [-0.2, 0) is 11.2 Å². The molecule has 0 aliphatic rings. The number of hydrogen-bond donors (Lipinski definition) is 2. The number of hydrogen-bond acceptors (Lipinski definition) is 3. The average Bonchev–Trinajstić information content (AvgIpc) is 2.35. The second-order valence-corrected chi connectivity index (χ2v) is 4.32. The number of benzene rings is 1. The van der Waals surface area contributed by atoms with Crippen LogP contribution < -0.4 is 15.3 Å². The van der Waals surface area contributed by atoms with Gasteiger partial charge in [-0.2, -0.15) is 0 Å². The predicted octanol–water partition coefficient (Wildman–Crippen LogP) is 2.01. The molecule has 0 atom stereocenters. The van der Waals surface area contributed by atoms with Gasteiger partial charge in [-0.1, -0.05) is 12.1 Å². The maximum Gasteiger partial charge on any atom is 0.217 e. The van der Waals surface area contributed by atoms with Gasteiger partial charge in [-0.05, 0) is 48.7 Å². The number of nitrogens with two attached hydrogens (primary N) is 1. The first-order valence-electron chi connectivity index (χ1n) is 6.06. The molecule has 0 bridgehead atoms. The van der Waals surface area contributed by atoms with E-state index in [1.807, 2.05) is 18.2 Å². The number of ether oxygens (including phenoxy) is 1. The molecule has 0 saturated heterocycles. The van der Waals surface area contributed by atoms with Gasteiger partial charge in [-0.15, -0.1) is 0 Å². The molecule has 3 N–H and O–H groups in total. The Kier molecular flexibility index (Phi) is 7.22. The number of halogens is 1. The average molecular weight is 271 g/mol. The van der Waals surface area contributed by atoms with Crippen LogP contribution in [0.3, 0.4) is 0 Å². The van der Waals surface area contributed by atoms with Crippen LogP contribution in [-0.4, -0.2) is 19.1 Å². The van der Waals surface area contributed by atoms with Crippen molar-refractivity contribution >= 4 is 17.7 Å². The Labute approximate surface area is 113 Å². The van der Waals surface area contributed by atoms with Gasteiger partial charge >= 0.3 is 0 Å². The monoisotopic (exact) mass is 270 g/mol. The van der Waals surface area contributed by atoms with E-state index in [9.17, 15) is 4.79 Å². The maximum absolute atomic E-state index is 10.6. The second kappa shape index (κ2) is 8.78. The number of aryl methyl sites for hydroxylation is 1. The van der Waals surface area contributed by atoms with Crippen molar-refractivity contribution in [3.05, 3.63) is 29.8 Å². The van der Waals surface area contributed by atoms with E-state index in [1.54, 1.807) is 0 Å². The zero-order valence-electron chi connectivity index (χ0n) is 10.3.